The highest BCUT2D eigenvalue weighted by Crippen LogP contribution is 1.76. The van der Waals surface area contributed by atoms with Gasteiger partial charge in [0.25, 0.3) is 0 Å². The molecule has 0 spiro atoms. The van der Waals surface area contributed by atoms with Crippen molar-refractivity contribution in [2.45, 2.75) is 19.9 Å². The number of hydrogen-bond donors (Lipinski definition) is 2. The lowest BCUT2D eigenvalue weighted by molar-refractivity contribution is 0.703. The lowest BCUT2D eigenvalue weighted by Gasteiger charge is -2.01. The molecule has 0 atom stereocenters. The molecule has 0 amide bonds. The average molecular weight is 141 g/mol. The highest BCUT2D eigenvalue weighted by atomic mass is 14.9. The van der Waals surface area contributed by atoms with Crippen molar-refractivity contribution in [3.63, 3.8) is 0 Å². The number of amidine groups is 1. The highest BCUT2D eigenvalue weighted by molar-refractivity contribution is 5.91. The van der Waals surface area contributed by atoms with E-state index in [1.54, 1.807) is 19.3 Å². The summed E-state index contributed by atoms with van der Waals surface area (Å²) in [6.45, 7) is 4.12. The molecule has 0 aromatic carbocycles. The molecule has 0 fully saturated rings. The van der Waals surface area contributed by atoms with Crippen LogP contribution in [0.5, 0.6) is 0 Å². The van der Waals surface area contributed by atoms with Gasteiger partial charge in [-0.15, -0.1) is 0 Å². The fourth-order valence-electron chi connectivity index (χ4n) is 0.400. The van der Waals surface area contributed by atoms with Crippen molar-refractivity contribution in [3.05, 3.63) is 12.3 Å². The molecular weight excluding hydrogens is 126 g/mol. The summed E-state index contributed by atoms with van der Waals surface area (Å²) in [6.07, 6.45) is 3.53. The van der Waals surface area contributed by atoms with E-state index in [9.17, 15) is 0 Å². The Labute approximate surface area is 62.0 Å². The molecule has 0 aliphatic rings. The van der Waals surface area contributed by atoms with E-state index < -0.39 is 0 Å². The van der Waals surface area contributed by atoms with Gasteiger partial charge in [0.15, 0.2) is 0 Å². The Balaban J connectivity index is 3.56. The number of aliphatic imine (C=N–C) groups is 1. The van der Waals surface area contributed by atoms with Gasteiger partial charge in [0.2, 0.25) is 0 Å². The van der Waals surface area contributed by atoms with Crippen molar-refractivity contribution in [1.29, 1.82) is 0 Å². The van der Waals surface area contributed by atoms with Crippen LogP contribution in [0.3, 0.4) is 0 Å². The maximum Gasteiger partial charge on any atom is 0.119 e. The number of rotatable bonds is 3. The molecule has 0 rings (SSSR count). The Morgan fingerprint density at radius 3 is 2.60 bits per heavy atom. The molecule has 0 radical (unpaired) electrons. The fourth-order valence-corrected chi connectivity index (χ4v) is 0.400. The first-order chi connectivity index (χ1) is 4.66. The highest BCUT2D eigenvalue weighted by Gasteiger charge is 1.83. The molecule has 10 heavy (non-hydrogen) atoms. The van der Waals surface area contributed by atoms with Crippen LogP contribution < -0.4 is 11.1 Å². The van der Waals surface area contributed by atoms with Gasteiger partial charge in [-0.05, 0) is 19.9 Å². The second-order valence-corrected chi connectivity index (χ2v) is 2.30. The van der Waals surface area contributed by atoms with Gasteiger partial charge in [-0.3, -0.25) is 4.99 Å². The van der Waals surface area contributed by atoms with Crippen LogP contribution in [-0.4, -0.2) is 18.9 Å². The van der Waals surface area contributed by atoms with Crippen LogP contribution in [0, 0.1) is 0 Å². The minimum atomic E-state index is 0.445. The Morgan fingerprint density at radius 2 is 2.20 bits per heavy atom. The third-order valence-corrected chi connectivity index (χ3v) is 0.942. The van der Waals surface area contributed by atoms with Gasteiger partial charge in [0, 0.05) is 19.3 Å². The van der Waals surface area contributed by atoms with Crippen LogP contribution in [0.4, 0.5) is 0 Å². The van der Waals surface area contributed by atoms with E-state index in [1.165, 1.54) is 0 Å². The van der Waals surface area contributed by atoms with Gasteiger partial charge < -0.3 is 11.1 Å². The lowest BCUT2D eigenvalue weighted by Crippen LogP contribution is -2.17. The lowest BCUT2D eigenvalue weighted by atomic mass is 10.4. The molecule has 0 saturated carbocycles. The van der Waals surface area contributed by atoms with Gasteiger partial charge in [-0.25, -0.2) is 0 Å². The predicted octanol–water partition coefficient (Wildman–Crippen LogP) is 0.485. The zero-order chi connectivity index (χ0) is 7.98. The van der Waals surface area contributed by atoms with Crippen LogP contribution in [0.2, 0.25) is 0 Å². The number of nitrogens with one attached hydrogen (secondary N) is 1. The fraction of sp³-hybridized carbons (Fsp3) is 0.571. The molecule has 0 aromatic heterocycles. The van der Waals surface area contributed by atoms with E-state index in [2.05, 4.69) is 24.2 Å². The van der Waals surface area contributed by atoms with Crippen LogP contribution in [0.15, 0.2) is 17.3 Å². The van der Waals surface area contributed by atoms with Gasteiger partial charge in [-0.1, -0.05) is 0 Å². The van der Waals surface area contributed by atoms with E-state index in [0.29, 0.717) is 11.9 Å². The second-order valence-electron chi connectivity index (χ2n) is 2.30. The van der Waals surface area contributed by atoms with E-state index in [1.807, 2.05) is 0 Å². The smallest absolute Gasteiger partial charge is 0.119 e. The second kappa shape index (κ2) is 4.85. The largest absolute Gasteiger partial charge is 0.389 e. The maximum atomic E-state index is 5.38. The first-order valence-corrected chi connectivity index (χ1v) is 3.31. The van der Waals surface area contributed by atoms with E-state index >= 15 is 0 Å². The number of nitrogens with two attached hydrogens (primary N) is 1. The van der Waals surface area contributed by atoms with Crippen molar-refractivity contribution in [1.82, 2.24) is 5.32 Å². The Hall–Kier alpha value is -0.990. The minimum Gasteiger partial charge on any atom is -0.389 e. The molecule has 3 N–H and O–H groups in total. The van der Waals surface area contributed by atoms with Gasteiger partial charge in [0.1, 0.15) is 5.84 Å². The number of hydrogen-bond acceptors (Lipinski definition) is 2. The van der Waals surface area contributed by atoms with E-state index in [0.717, 1.165) is 0 Å². The molecule has 0 aliphatic heterocycles. The van der Waals surface area contributed by atoms with Crippen LogP contribution in [0.1, 0.15) is 13.8 Å². The van der Waals surface area contributed by atoms with Gasteiger partial charge in [0.05, 0.1) is 0 Å². The van der Waals surface area contributed by atoms with Crippen molar-refractivity contribution in [2.75, 3.05) is 7.05 Å². The zero-order valence-corrected chi connectivity index (χ0v) is 6.76. The molecule has 0 saturated heterocycles. The monoisotopic (exact) mass is 141 g/mol. The predicted molar refractivity (Wildman–Crippen MR) is 45.0 cm³/mol. The summed E-state index contributed by atoms with van der Waals surface area (Å²) in [4.78, 5) is 3.75. The van der Waals surface area contributed by atoms with Crippen LogP contribution >= 0.6 is 0 Å². The Kier molecular flexibility index (Phi) is 4.37. The van der Waals surface area contributed by atoms with E-state index in [4.69, 9.17) is 5.73 Å². The summed E-state index contributed by atoms with van der Waals surface area (Å²) < 4.78 is 0. The Morgan fingerprint density at radius 1 is 1.60 bits per heavy atom. The first-order valence-electron chi connectivity index (χ1n) is 3.31. The Bertz CT molecular complexity index is 136. The molecule has 0 bridgehead atoms. The average Bonchev–Trinajstić information content (AvgIpc) is 1.87. The summed E-state index contributed by atoms with van der Waals surface area (Å²) in [6, 6.07) is 0.445. The molecule has 0 aliphatic carbocycles. The SMILES string of the molecule is C/N=C(N)/C=C\NC(C)C. The molecular formula is C7H15N3. The molecule has 0 aromatic rings. The topological polar surface area (TPSA) is 50.4 Å². The first kappa shape index (κ1) is 9.01. The quantitative estimate of drug-likeness (QED) is 0.444. The van der Waals surface area contributed by atoms with Crippen molar-refractivity contribution < 1.29 is 0 Å². The van der Waals surface area contributed by atoms with Crippen molar-refractivity contribution in [2.24, 2.45) is 10.7 Å². The standard InChI is InChI=1S/C7H15N3/c1-6(2)10-5-4-7(8)9-3/h4-6,10H,1-3H3,(H2,8,9)/b5-4-. The van der Waals surface area contributed by atoms with Crippen molar-refractivity contribution >= 4 is 5.84 Å². The third-order valence-electron chi connectivity index (χ3n) is 0.942. The molecule has 3 heteroatoms. The molecule has 58 valence electrons. The molecule has 0 heterocycles. The summed E-state index contributed by atoms with van der Waals surface area (Å²) in [5, 5.41) is 3.07. The number of nitrogens with zero attached hydrogens (tertiary/aromatic N) is 1. The summed E-state index contributed by atoms with van der Waals surface area (Å²) in [5.41, 5.74) is 5.38. The van der Waals surface area contributed by atoms with Crippen LogP contribution in [0.25, 0.3) is 0 Å². The molecule has 0 unspecified atom stereocenters. The summed E-state index contributed by atoms with van der Waals surface area (Å²) in [5.74, 6) is 0.535. The van der Waals surface area contributed by atoms with E-state index in [-0.39, 0.29) is 0 Å². The zero-order valence-electron chi connectivity index (χ0n) is 6.76. The summed E-state index contributed by atoms with van der Waals surface area (Å²) in [7, 11) is 1.66. The third kappa shape index (κ3) is 5.15. The van der Waals surface area contributed by atoms with Gasteiger partial charge in [-0.2, -0.15) is 0 Å². The minimum absolute atomic E-state index is 0.445. The van der Waals surface area contributed by atoms with Crippen molar-refractivity contribution in [3.8, 4) is 0 Å². The van der Waals surface area contributed by atoms with Gasteiger partial charge >= 0.3 is 0 Å². The molecule has 3 nitrogen and oxygen atoms in total. The normalized spacial score (nSPS) is 13.0. The maximum absolute atomic E-state index is 5.38. The summed E-state index contributed by atoms with van der Waals surface area (Å²) >= 11 is 0. The van der Waals surface area contributed by atoms with Crippen LogP contribution in [-0.2, 0) is 0 Å².